The zero-order chi connectivity index (χ0) is 22.9. The van der Waals surface area contributed by atoms with E-state index in [0.717, 1.165) is 53.7 Å². The Bertz CT molecular complexity index is 1250. The molecule has 0 spiro atoms. The van der Waals surface area contributed by atoms with Gasteiger partial charge in [-0.3, -0.25) is 0 Å². The van der Waals surface area contributed by atoms with E-state index in [1.807, 2.05) is 17.0 Å². The summed E-state index contributed by atoms with van der Waals surface area (Å²) in [5.74, 6) is -0.0703. The molecule has 166 valence electrons. The Morgan fingerprint density at radius 1 is 1.16 bits per heavy atom. The Morgan fingerprint density at radius 3 is 2.47 bits per heavy atom. The highest BCUT2D eigenvalue weighted by atomic mass is 32.2. The van der Waals surface area contributed by atoms with Crippen LogP contribution in [0, 0.1) is 5.82 Å². The second-order valence-electron chi connectivity index (χ2n) is 7.73. The van der Waals surface area contributed by atoms with Crippen LogP contribution in [0.2, 0.25) is 0 Å². The number of aldehydes is 1. The third-order valence-electron chi connectivity index (χ3n) is 5.54. The van der Waals surface area contributed by atoms with E-state index >= 15 is 0 Å². The van der Waals surface area contributed by atoms with E-state index in [1.54, 1.807) is 24.3 Å². The largest absolute Gasteiger partial charge is 0.423 e. The molecule has 0 fully saturated rings. The van der Waals surface area contributed by atoms with Crippen LogP contribution in [-0.2, 0) is 21.1 Å². The fourth-order valence-corrected chi connectivity index (χ4v) is 4.53. The van der Waals surface area contributed by atoms with Gasteiger partial charge in [0, 0.05) is 29.1 Å². The van der Waals surface area contributed by atoms with Crippen molar-refractivity contribution in [3.8, 4) is 22.9 Å². The number of ether oxygens (including phenoxy) is 1. The molecule has 0 radical (unpaired) electrons. The van der Waals surface area contributed by atoms with Crippen LogP contribution in [0.1, 0.15) is 18.9 Å². The van der Waals surface area contributed by atoms with Crippen molar-refractivity contribution >= 4 is 21.8 Å². The van der Waals surface area contributed by atoms with Gasteiger partial charge in [0.05, 0.1) is 23.8 Å². The molecule has 0 saturated heterocycles. The van der Waals surface area contributed by atoms with Crippen molar-refractivity contribution in [3.05, 3.63) is 60.2 Å². The fraction of sp³-hybridized carbons (Fsp3) is 0.261. The fourth-order valence-electron chi connectivity index (χ4n) is 3.90. The van der Waals surface area contributed by atoms with Crippen LogP contribution in [0.25, 0.3) is 11.1 Å². The molecule has 3 aromatic rings. The molecule has 0 saturated carbocycles. The van der Waals surface area contributed by atoms with E-state index in [2.05, 4.69) is 16.9 Å². The first-order valence-electron chi connectivity index (χ1n) is 10.1. The van der Waals surface area contributed by atoms with Gasteiger partial charge in [0.15, 0.2) is 15.7 Å². The summed E-state index contributed by atoms with van der Waals surface area (Å²) >= 11 is 0. The number of nitrogens with zero attached hydrogens (tertiary/aromatic N) is 3. The minimum absolute atomic E-state index is 0.00522. The Balaban J connectivity index is 1.86. The lowest BCUT2D eigenvalue weighted by Crippen LogP contribution is -2.38. The number of fused-ring (bicyclic) bond motifs is 1. The summed E-state index contributed by atoms with van der Waals surface area (Å²) in [6, 6.07) is 10.5. The molecule has 0 aliphatic carbocycles. The minimum atomic E-state index is -3.33. The summed E-state index contributed by atoms with van der Waals surface area (Å²) in [6.07, 6.45) is 5.60. The number of sulfone groups is 1. The zero-order valence-electron chi connectivity index (χ0n) is 17.7. The van der Waals surface area contributed by atoms with Crippen molar-refractivity contribution < 1.29 is 22.3 Å². The maximum absolute atomic E-state index is 13.3. The lowest BCUT2D eigenvalue weighted by atomic mass is 9.91. The molecule has 7 nitrogen and oxygen atoms in total. The van der Waals surface area contributed by atoms with Crippen molar-refractivity contribution in [1.82, 2.24) is 9.97 Å². The molecule has 1 aromatic heterocycles. The van der Waals surface area contributed by atoms with Crippen molar-refractivity contribution in [2.24, 2.45) is 0 Å². The van der Waals surface area contributed by atoms with Gasteiger partial charge in [-0.15, -0.1) is 0 Å². The number of carbonyl (C=O) groups excluding carboxylic acids is 1. The smallest absolute Gasteiger partial charge is 0.322 e. The van der Waals surface area contributed by atoms with Crippen LogP contribution in [0.15, 0.2) is 53.7 Å². The number of carbonyl (C=O) groups is 1. The van der Waals surface area contributed by atoms with Crippen molar-refractivity contribution in [2.45, 2.75) is 30.7 Å². The quantitative estimate of drug-likeness (QED) is 0.522. The van der Waals surface area contributed by atoms with Gasteiger partial charge < -0.3 is 14.4 Å². The van der Waals surface area contributed by atoms with Gasteiger partial charge in [-0.2, -0.15) is 0 Å². The van der Waals surface area contributed by atoms with Gasteiger partial charge in [0.2, 0.25) is 0 Å². The van der Waals surface area contributed by atoms with Crippen LogP contribution in [0.5, 0.6) is 11.8 Å². The molecule has 0 bridgehead atoms. The molecular formula is C23H22FN3O4S. The highest BCUT2D eigenvalue weighted by Crippen LogP contribution is 2.44. The summed E-state index contributed by atoms with van der Waals surface area (Å²) in [5.41, 5.74) is 3.24. The molecule has 1 aliphatic rings. The van der Waals surface area contributed by atoms with E-state index in [9.17, 15) is 17.6 Å². The Labute approximate surface area is 185 Å². The van der Waals surface area contributed by atoms with Gasteiger partial charge in [-0.1, -0.05) is 12.1 Å². The number of rotatable bonds is 6. The van der Waals surface area contributed by atoms with E-state index in [-0.39, 0.29) is 23.5 Å². The number of hydrogen-bond acceptors (Lipinski definition) is 7. The molecular weight excluding hydrogens is 433 g/mol. The first-order chi connectivity index (χ1) is 15.3. The normalized spacial score (nSPS) is 15.8. The first kappa shape index (κ1) is 21.9. The molecule has 0 amide bonds. The summed E-state index contributed by atoms with van der Waals surface area (Å²) in [5, 5.41) is 0. The van der Waals surface area contributed by atoms with Gasteiger partial charge in [0.25, 0.3) is 0 Å². The van der Waals surface area contributed by atoms with Crippen LogP contribution >= 0.6 is 0 Å². The lowest BCUT2D eigenvalue weighted by molar-refractivity contribution is -0.106. The predicted octanol–water partition coefficient (Wildman–Crippen LogP) is 3.82. The zero-order valence-corrected chi connectivity index (χ0v) is 18.5. The number of hydrogen-bond donors (Lipinski definition) is 0. The third-order valence-corrected chi connectivity index (χ3v) is 6.67. The van der Waals surface area contributed by atoms with Crippen LogP contribution in [0.3, 0.4) is 0 Å². The third kappa shape index (κ3) is 4.34. The Kier molecular flexibility index (Phi) is 5.92. The van der Waals surface area contributed by atoms with E-state index in [1.165, 1.54) is 0 Å². The van der Waals surface area contributed by atoms with E-state index in [0.29, 0.717) is 12.2 Å². The second kappa shape index (κ2) is 8.66. The predicted molar refractivity (Wildman–Crippen MR) is 118 cm³/mol. The van der Waals surface area contributed by atoms with Crippen molar-refractivity contribution in [1.29, 1.82) is 0 Å². The van der Waals surface area contributed by atoms with Gasteiger partial charge in [0.1, 0.15) is 12.0 Å². The molecule has 4 rings (SSSR count). The molecule has 1 atom stereocenters. The lowest BCUT2D eigenvalue weighted by Gasteiger charge is -2.37. The minimum Gasteiger partial charge on any atom is -0.423 e. The molecule has 32 heavy (non-hydrogen) atoms. The molecule has 2 heterocycles. The maximum Gasteiger partial charge on any atom is 0.322 e. The topological polar surface area (TPSA) is 89.5 Å². The summed E-state index contributed by atoms with van der Waals surface area (Å²) in [6.45, 7) is 2.32. The van der Waals surface area contributed by atoms with Gasteiger partial charge in [-0.25, -0.2) is 22.8 Å². The average molecular weight is 456 g/mol. The summed E-state index contributed by atoms with van der Waals surface area (Å²) in [4.78, 5) is 21.3. The number of halogens is 1. The summed E-state index contributed by atoms with van der Waals surface area (Å²) in [7, 11) is -3.33. The van der Waals surface area contributed by atoms with Crippen LogP contribution in [-0.4, -0.2) is 43.5 Å². The molecule has 1 aliphatic heterocycles. The van der Waals surface area contributed by atoms with Crippen molar-refractivity contribution in [2.75, 3.05) is 17.7 Å². The van der Waals surface area contributed by atoms with E-state index < -0.39 is 15.7 Å². The highest BCUT2D eigenvalue weighted by molar-refractivity contribution is 7.90. The average Bonchev–Trinajstić information content (AvgIpc) is 2.77. The molecule has 9 heteroatoms. The van der Waals surface area contributed by atoms with Gasteiger partial charge in [-0.05, 0) is 49.6 Å². The molecule has 0 unspecified atom stereocenters. The molecule has 0 N–H and O–H groups in total. The highest BCUT2D eigenvalue weighted by Gasteiger charge is 2.28. The Hall–Kier alpha value is -3.33. The van der Waals surface area contributed by atoms with Crippen LogP contribution < -0.4 is 9.64 Å². The number of benzene rings is 2. The molecule has 2 aromatic carbocycles. The number of aromatic nitrogens is 2. The maximum atomic E-state index is 13.3. The standard InChI is InChI=1S/C23H22FN3O4S/c1-15-3-8-20-21(27(15)11-12-28)10-9-19(16-4-6-18(7-5-16)32(2,29)30)22(20)31-23-25-13-17(24)14-26-23/h4-7,9-10,12-15H,3,8,11H2,1-2H3/t15-/m0/s1. The number of anilines is 1. The first-order valence-corrected chi connectivity index (χ1v) is 12.0. The monoisotopic (exact) mass is 455 g/mol. The SMILES string of the molecule is C[C@H]1CCc2c(ccc(-c3ccc(S(C)(=O)=O)cc3)c2Oc2ncc(F)cn2)N1CC=O. The van der Waals surface area contributed by atoms with Crippen LogP contribution in [0.4, 0.5) is 10.1 Å². The van der Waals surface area contributed by atoms with Crippen molar-refractivity contribution in [3.63, 3.8) is 0 Å². The Morgan fingerprint density at radius 2 is 1.84 bits per heavy atom. The second-order valence-corrected chi connectivity index (χ2v) is 9.74. The van der Waals surface area contributed by atoms with E-state index in [4.69, 9.17) is 4.74 Å². The van der Waals surface area contributed by atoms with Gasteiger partial charge >= 0.3 is 6.01 Å². The summed E-state index contributed by atoms with van der Waals surface area (Å²) < 4.78 is 43.0.